The van der Waals surface area contributed by atoms with Crippen molar-refractivity contribution in [3.05, 3.63) is 35.1 Å². The van der Waals surface area contributed by atoms with Crippen LogP contribution in [0.2, 0.25) is 0 Å². The molecule has 1 aromatic carbocycles. The largest absolute Gasteiger partial charge is 0.337 e. The summed E-state index contributed by atoms with van der Waals surface area (Å²) in [6.07, 6.45) is 0. The molecule has 0 bridgehead atoms. The number of carbonyl (C=O) groups is 1. The van der Waals surface area contributed by atoms with E-state index in [9.17, 15) is 9.18 Å². The number of hydrogen-bond acceptors (Lipinski definition) is 2. The van der Waals surface area contributed by atoms with Gasteiger partial charge in [0, 0.05) is 24.6 Å². The molecule has 16 heavy (non-hydrogen) atoms. The Bertz CT molecular complexity index is 402. The normalized spacial score (nSPS) is 16.2. The van der Waals surface area contributed by atoms with Crippen molar-refractivity contribution < 1.29 is 9.18 Å². The number of halogens is 1. The molecular formula is C12H14FNOS. The summed E-state index contributed by atoms with van der Waals surface area (Å²) in [5, 5.41) is 0. The maximum Gasteiger partial charge on any atom is 0.256 e. The summed E-state index contributed by atoms with van der Waals surface area (Å²) in [5.41, 5.74) is 1.11. The Balaban J connectivity index is 2.22. The average Bonchev–Trinajstić information content (AvgIpc) is 2.32. The fourth-order valence-electron chi connectivity index (χ4n) is 1.74. The van der Waals surface area contributed by atoms with E-state index >= 15 is 0 Å². The van der Waals surface area contributed by atoms with E-state index in [-0.39, 0.29) is 11.5 Å². The highest BCUT2D eigenvalue weighted by Gasteiger charge is 2.20. The molecule has 0 unspecified atom stereocenters. The van der Waals surface area contributed by atoms with E-state index in [1.807, 2.05) is 18.7 Å². The molecule has 1 heterocycles. The Morgan fingerprint density at radius 3 is 2.75 bits per heavy atom. The first kappa shape index (κ1) is 11.5. The number of carbonyl (C=O) groups excluding carboxylic acids is 1. The summed E-state index contributed by atoms with van der Waals surface area (Å²) in [5.74, 6) is 1.29. The molecule has 86 valence electrons. The smallest absolute Gasteiger partial charge is 0.256 e. The predicted octanol–water partition coefficient (Wildman–Crippen LogP) is 2.32. The highest BCUT2D eigenvalue weighted by atomic mass is 32.2. The predicted molar refractivity (Wildman–Crippen MR) is 64.4 cm³/mol. The zero-order valence-electron chi connectivity index (χ0n) is 9.20. The molecule has 1 fully saturated rings. The molecule has 0 spiro atoms. The lowest BCUT2D eigenvalue weighted by Gasteiger charge is -2.26. The molecule has 0 radical (unpaired) electrons. The number of amides is 1. The molecule has 0 aliphatic carbocycles. The van der Waals surface area contributed by atoms with Crippen molar-refractivity contribution in [2.24, 2.45) is 0 Å². The van der Waals surface area contributed by atoms with Crippen molar-refractivity contribution in [1.82, 2.24) is 4.90 Å². The molecule has 0 aromatic heterocycles. The third-order valence-corrected chi connectivity index (χ3v) is 3.59. The van der Waals surface area contributed by atoms with E-state index in [0.717, 1.165) is 30.2 Å². The van der Waals surface area contributed by atoms with Crippen LogP contribution in [-0.4, -0.2) is 35.4 Å². The monoisotopic (exact) mass is 239 g/mol. The van der Waals surface area contributed by atoms with Gasteiger partial charge in [-0.3, -0.25) is 4.79 Å². The maximum absolute atomic E-state index is 13.5. The number of hydrogen-bond donors (Lipinski definition) is 0. The lowest BCUT2D eigenvalue weighted by atomic mass is 10.1. The van der Waals surface area contributed by atoms with Gasteiger partial charge in [0.25, 0.3) is 5.91 Å². The Kier molecular flexibility index (Phi) is 3.49. The van der Waals surface area contributed by atoms with Crippen LogP contribution in [0.25, 0.3) is 0 Å². The molecule has 1 amide bonds. The van der Waals surface area contributed by atoms with Gasteiger partial charge in [-0.15, -0.1) is 0 Å². The van der Waals surface area contributed by atoms with Gasteiger partial charge in [0.2, 0.25) is 0 Å². The van der Waals surface area contributed by atoms with E-state index in [0.29, 0.717) is 0 Å². The van der Waals surface area contributed by atoms with Crippen LogP contribution in [0, 0.1) is 12.7 Å². The first-order chi connectivity index (χ1) is 7.68. The van der Waals surface area contributed by atoms with Crippen LogP contribution in [0.15, 0.2) is 18.2 Å². The second kappa shape index (κ2) is 4.87. The first-order valence-electron chi connectivity index (χ1n) is 5.31. The first-order valence-corrected chi connectivity index (χ1v) is 6.47. The van der Waals surface area contributed by atoms with Gasteiger partial charge in [0.1, 0.15) is 5.82 Å². The molecule has 4 heteroatoms. The van der Waals surface area contributed by atoms with Crippen LogP contribution in [0.3, 0.4) is 0 Å². The summed E-state index contributed by atoms with van der Waals surface area (Å²) in [6.45, 7) is 3.30. The van der Waals surface area contributed by atoms with Crippen molar-refractivity contribution >= 4 is 17.7 Å². The van der Waals surface area contributed by atoms with Crippen LogP contribution >= 0.6 is 11.8 Å². The molecule has 1 aromatic rings. The van der Waals surface area contributed by atoms with Gasteiger partial charge in [0.05, 0.1) is 5.56 Å². The van der Waals surface area contributed by atoms with Gasteiger partial charge < -0.3 is 4.90 Å². The quantitative estimate of drug-likeness (QED) is 0.749. The second-order valence-electron chi connectivity index (χ2n) is 3.89. The van der Waals surface area contributed by atoms with Crippen LogP contribution < -0.4 is 0 Å². The highest BCUT2D eigenvalue weighted by Crippen LogP contribution is 2.16. The van der Waals surface area contributed by atoms with E-state index < -0.39 is 5.82 Å². The summed E-state index contributed by atoms with van der Waals surface area (Å²) in [4.78, 5) is 13.8. The van der Waals surface area contributed by atoms with Gasteiger partial charge >= 0.3 is 0 Å². The van der Waals surface area contributed by atoms with Crippen LogP contribution in [0.5, 0.6) is 0 Å². The standard InChI is InChI=1S/C12H14FNOS/c1-9-2-3-11(13)10(8-9)12(15)14-4-6-16-7-5-14/h2-3,8H,4-7H2,1H3. The fraction of sp³-hybridized carbons (Fsp3) is 0.417. The van der Waals surface area contributed by atoms with Crippen molar-refractivity contribution in [2.75, 3.05) is 24.6 Å². The lowest BCUT2D eigenvalue weighted by Crippen LogP contribution is -2.38. The SMILES string of the molecule is Cc1ccc(F)c(C(=O)N2CCSCC2)c1. The lowest BCUT2D eigenvalue weighted by molar-refractivity contribution is 0.0767. The number of nitrogens with zero attached hydrogens (tertiary/aromatic N) is 1. The van der Waals surface area contributed by atoms with Crippen LogP contribution in [-0.2, 0) is 0 Å². The number of benzene rings is 1. The second-order valence-corrected chi connectivity index (χ2v) is 5.11. The number of thioether (sulfide) groups is 1. The Hall–Kier alpha value is -1.03. The van der Waals surface area contributed by atoms with Crippen molar-refractivity contribution in [2.45, 2.75) is 6.92 Å². The molecule has 0 saturated carbocycles. The minimum absolute atomic E-state index is 0.179. The van der Waals surface area contributed by atoms with Crippen LogP contribution in [0.4, 0.5) is 4.39 Å². The van der Waals surface area contributed by atoms with E-state index in [1.54, 1.807) is 17.0 Å². The molecule has 0 atom stereocenters. The topological polar surface area (TPSA) is 20.3 Å². The van der Waals surface area contributed by atoms with E-state index in [2.05, 4.69) is 0 Å². The third kappa shape index (κ3) is 2.38. The minimum atomic E-state index is -0.422. The zero-order chi connectivity index (χ0) is 11.5. The maximum atomic E-state index is 13.5. The van der Waals surface area contributed by atoms with Gasteiger partial charge in [-0.1, -0.05) is 11.6 Å². The van der Waals surface area contributed by atoms with Gasteiger partial charge in [-0.2, -0.15) is 11.8 Å². The molecule has 2 rings (SSSR count). The zero-order valence-corrected chi connectivity index (χ0v) is 10.0. The van der Waals surface area contributed by atoms with Gasteiger partial charge in [-0.05, 0) is 19.1 Å². The molecule has 1 aliphatic rings. The molecule has 1 aliphatic heterocycles. The summed E-state index contributed by atoms with van der Waals surface area (Å²) < 4.78 is 13.5. The molecule has 1 saturated heterocycles. The Morgan fingerprint density at radius 2 is 2.06 bits per heavy atom. The summed E-state index contributed by atoms with van der Waals surface area (Å²) in [7, 11) is 0. The summed E-state index contributed by atoms with van der Waals surface area (Å²) in [6, 6.07) is 4.67. The van der Waals surface area contributed by atoms with Crippen molar-refractivity contribution in [3.63, 3.8) is 0 Å². The molecule has 2 nitrogen and oxygen atoms in total. The minimum Gasteiger partial charge on any atom is -0.337 e. The third-order valence-electron chi connectivity index (χ3n) is 2.65. The van der Waals surface area contributed by atoms with Gasteiger partial charge in [0.15, 0.2) is 0 Å². The average molecular weight is 239 g/mol. The number of aryl methyl sites for hydroxylation is 1. The molecular weight excluding hydrogens is 225 g/mol. The fourth-order valence-corrected chi connectivity index (χ4v) is 2.64. The van der Waals surface area contributed by atoms with E-state index in [4.69, 9.17) is 0 Å². The summed E-state index contributed by atoms with van der Waals surface area (Å²) >= 11 is 1.83. The highest BCUT2D eigenvalue weighted by molar-refractivity contribution is 7.99. The molecule has 0 N–H and O–H groups in total. The van der Waals surface area contributed by atoms with Crippen LogP contribution in [0.1, 0.15) is 15.9 Å². The van der Waals surface area contributed by atoms with Crippen molar-refractivity contribution in [1.29, 1.82) is 0 Å². The Morgan fingerprint density at radius 1 is 1.38 bits per heavy atom. The van der Waals surface area contributed by atoms with Crippen molar-refractivity contribution in [3.8, 4) is 0 Å². The van der Waals surface area contributed by atoms with E-state index in [1.165, 1.54) is 6.07 Å². The number of rotatable bonds is 1. The Labute approximate surface area is 98.8 Å². The van der Waals surface area contributed by atoms with Gasteiger partial charge in [-0.25, -0.2) is 4.39 Å².